The Labute approximate surface area is 104 Å². The van der Waals surface area contributed by atoms with Crippen molar-refractivity contribution in [2.75, 3.05) is 0 Å². The van der Waals surface area contributed by atoms with Gasteiger partial charge in [-0.3, -0.25) is 4.79 Å². The molecule has 0 saturated heterocycles. The van der Waals surface area contributed by atoms with Crippen LogP contribution < -0.4 is 0 Å². The molecule has 0 bridgehead atoms. The Balaban J connectivity index is 2.78. The fourth-order valence-corrected chi connectivity index (χ4v) is 2.39. The number of carboxylic acids is 1. The van der Waals surface area contributed by atoms with Crippen molar-refractivity contribution >= 4 is 28.5 Å². The Kier molecular flexibility index (Phi) is 2.66. The lowest BCUT2D eigenvalue weighted by Gasteiger charge is -2.20. The van der Waals surface area contributed by atoms with Gasteiger partial charge in [-0.15, -0.1) is 0 Å². The smallest absolute Gasteiger partial charge is 0.313 e. The van der Waals surface area contributed by atoms with E-state index in [4.69, 9.17) is 11.6 Å². The minimum Gasteiger partial charge on any atom is -0.481 e. The average molecular weight is 252 g/mol. The quantitative estimate of drug-likeness (QED) is 0.858. The van der Waals surface area contributed by atoms with Crippen LogP contribution in [0.2, 0.25) is 5.02 Å². The van der Waals surface area contributed by atoms with Gasteiger partial charge in [-0.2, -0.15) is 0 Å². The molecule has 1 heterocycles. The number of rotatable bonds is 2. The highest BCUT2D eigenvalue weighted by Gasteiger charge is 2.33. The van der Waals surface area contributed by atoms with Gasteiger partial charge in [0.25, 0.3) is 0 Å². The van der Waals surface area contributed by atoms with Crippen molar-refractivity contribution in [2.24, 2.45) is 0 Å². The molecule has 2 N–H and O–H groups in total. The van der Waals surface area contributed by atoms with Crippen molar-refractivity contribution in [3.8, 4) is 0 Å². The molecule has 0 saturated carbocycles. The minimum atomic E-state index is -0.920. The molecule has 0 aliphatic heterocycles. The average Bonchev–Trinajstić information content (AvgIpc) is 2.53. The summed E-state index contributed by atoms with van der Waals surface area (Å²) in [5.74, 6) is -0.837. The Hall–Kier alpha value is -1.48. The molecule has 0 amide bonds. The van der Waals surface area contributed by atoms with Gasteiger partial charge in [0.15, 0.2) is 0 Å². The van der Waals surface area contributed by atoms with Gasteiger partial charge < -0.3 is 10.1 Å². The van der Waals surface area contributed by atoms with Gasteiger partial charge in [-0.25, -0.2) is 0 Å². The summed E-state index contributed by atoms with van der Waals surface area (Å²) in [5, 5.41) is 10.9. The number of nitrogens with one attached hydrogen (secondary N) is 1. The number of carboxylic acid groups (broad SMARTS) is 1. The standard InChI is InChI=1S/C13H14ClNO2/c1-7-11(13(2,3)12(16)17)9-5-4-8(14)6-10(9)15-7/h4-6,15H,1-3H3,(H,16,17). The Morgan fingerprint density at radius 1 is 1.41 bits per heavy atom. The first-order chi connectivity index (χ1) is 7.84. The van der Waals surface area contributed by atoms with Crippen LogP contribution >= 0.6 is 11.6 Å². The maximum Gasteiger partial charge on any atom is 0.313 e. The molecule has 1 aromatic carbocycles. The fraction of sp³-hybridized carbons (Fsp3) is 0.308. The van der Waals surface area contributed by atoms with Gasteiger partial charge in [-0.1, -0.05) is 17.7 Å². The molecular weight excluding hydrogens is 238 g/mol. The highest BCUT2D eigenvalue weighted by Crippen LogP contribution is 2.34. The summed E-state index contributed by atoms with van der Waals surface area (Å²) in [4.78, 5) is 14.5. The van der Waals surface area contributed by atoms with Crippen LogP contribution in [0.5, 0.6) is 0 Å². The minimum absolute atomic E-state index is 0.637. The zero-order valence-corrected chi connectivity index (χ0v) is 10.7. The highest BCUT2D eigenvalue weighted by atomic mass is 35.5. The number of halogens is 1. The summed E-state index contributed by atoms with van der Waals surface area (Å²) in [6, 6.07) is 5.45. The molecule has 0 aliphatic carbocycles. The Bertz CT molecular complexity index is 599. The van der Waals surface area contributed by atoms with Crippen LogP contribution in [0.15, 0.2) is 18.2 Å². The summed E-state index contributed by atoms with van der Waals surface area (Å²) >= 11 is 5.92. The van der Waals surface area contributed by atoms with Crippen LogP contribution in [0.1, 0.15) is 25.1 Å². The molecule has 0 atom stereocenters. The lowest BCUT2D eigenvalue weighted by atomic mass is 9.83. The van der Waals surface area contributed by atoms with Gasteiger partial charge in [0.05, 0.1) is 5.41 Å². The van der Waals surface area contributed by atoms with Crippen LogP contribution in [0.3, 0.4) is 0 Å². The van der Waals surface area contributed by atoms with E-state index in [0.29, 0.717) is 5.02 Å². The maximum atomic E-state index is 11.3. The molecule has 2 rings (SSSR count). The molecule has 0 fully saturated rings. The van der Waals surface area contributed by atoms with Crippen molar-refractivity contribution in [3.63, 3.8) is 0 Å². The molecule has 0 radical (unpaired) electrons. The predicted octanol–water partition coefficient (Wildman–Crippen LogP) is 3.49. The maximum absolute atomic E-state index is 11.3. The van der Waals surface area contributed by atoms with Crippen molar-refractivity contribution in [1.82, 2.24) is 4.98 Å². The van der Waals surface area contributed by atoms with Crippen LogP contribution in [0.25, 0.3) is 10.9 Å². The van der Waals surface area contributed by atoms with Crippen molar-refractivity contribution in [1.29, 1.82) is 0 Å². The molecule has 1 aromatic heterocycles. The first kappa shape index (κ1) is 12.0. The summed E-state index contributed by atoms with van der Waals surface area (Å²) in [6.45, 7) is 5.30. The van der Waals surface area contributed by atoms with E-state index in [-0.39, 0.29) is 0 Å². The normalized spacial score (nSPS) is 12.0. The van der Waals surface area contributed by atoms with Gasteiger partial charge in [0.1, 0.15) is 0 Å². The van der Waals surface area contributed by atoms with Crippen LogP contribution in [-0.2, 0) is 10.2 Å². The predicted molar refractivity (Wildman–Crippen MR) is 68.7 cm³/mol. The van der Waals surface area contributed by atoms with Crippen molar-refractivity contribution in [2.45, 2.75) is 26.2 Å². The number of aryl methyl sites for hydroxylation is 1. The SMILES string of the molecule is Cc1[nH]c2cc(Cl)ccc2c1C(C)(C)C(=O)O. The zero-order chi connectivity index (χ0) is 12.8. The van der Waals surface area contributed by atoms with Crippen LogP contribution in [-0.4, -0.2) is 16.1 Å². The number of benzene rings is 1. The van der Waals surface area contributed by atoms with Gasteiger partial charge in [0, 0.05) is 21.6 Å². The second kappa shape index (κ2) is 3.77. The van der Waals surface area contributed by atoms with E-state index in [9.17, 15) is 9.90 Å². The van der Waals surface area contributed by atoms with E-state index in [2.05, 4.69) is 4.98 Å². The summed E-state index contributed by atoms with van der Waals surface area (Å²) < 4.78 is 0. The number of aliphatic carboxylic acids is 1. The summed E-state index contributed by atoms with van der Waals surface area (Å²) in [5.41, 5.74) is 1.64. The number of aromatic nitrogens is 1. The fourth-order valence-electron chi connectivity index (χ4n) is 2.22. The number of hydrogen-bond acceptors (Lipinski definition) is 1. The molecule has 90 valence electrons. The van der Waals surface area contributed by atoms with Gasteiger partial charge in [-0.05, 0) is 38.5 Å². The highest BCUT2D eigenvalue weighted by molar-refractivity contribution is 6.31. The number of H-pyrrole nitrogens is 1. The van der Waals surface area contributed by atoms with E-state index < -0.39 is 11.4 Å². The Morgan fingerprint density at radius 2 is 2.06 bits per heavy atom. The largest absolute Gasteiger partial charge is 0.481 e. The third-order valence-corrected chi connectivity index (χ3v) is 3.34. The zero-order valence-electron chi connectivity index (χ0n) is 9.97. The van der Waals surface area contributed by atoms with E-state index in [0.717, 1.165) is 22.2 Å². The topological polar surface area (TPSA) is 53.1 Å². The third-order valence-electron chi connectivity index (χ3n) is 3.11. The molecule has 2 aromatic rings. The molecule has 0 spiro atoms. The summed E-state index contributed by atoms with van der Waals surface area (Å²) in [6.07, 6.45) is 0. The molecule has 3 nitrogen and oxygen atoms in total. The summed E-state index contributed by atoms with van der Waals surface area (Å²) in [7, 11) is 0. The number of fused-ring (bicyclic) bond motifs is 1. The number of aromatic amines is 1. The van der Waals surface area contributed by atoms with Gasteiger partial charge in [0.2, 0.25) is 0 Å². The third kappa shape index (κ3) is 1.80. The lowest BCUT2D eigenvalue weighted by Crippen LogP contribution is -2.29. The van der Waals surface area contributed by atoms with Crippen LogP contribution in [0.4, 0.5) is 0 Å². The molecular formula is C13H14ClNO2. The van der Waals surface area contributed by atoms with E-state index >= 15 is 0 Å². The Morgan fingerprint density at radius 3 is 2.65 bits per heavy atom. The molecule has 4 heteroatoms. The molecule has 0 unspecified atom stereocenters. The second-order valence-corrected chi connectivity index (χ2v) is 5.18. The lowest BCUT2D eigenvalue weighted by molar-refractivity contribution is -0.142. The van der Waals surface area contributed by atoms with E-state index in [1.807, 2.05) is 19.1 Å². The van der Waals surface area contributed by atoms with E-state index in [1.54, 1.807) is 19.9 Å². The van der Waals surface area contributed by atoms with Crippen molar-refractivity contribution < 1.29 is 9.90 Å². The number of hydrogen-bond donors (Lipinski definition) is 2. The van der Waals surface area contributed by atoms with Crippen molar-refractivity contribution in [3.05, 3.63) is 34.5 Å². The van der Waals surface area contributed by atoms with Gasteiger partial charge >= 0.3 is 5.97 Å². The first-order valence-corrected chi connectivity index (χ1v) is 5.73. The first-order valence-electron chi connectivity index (χ1n) is 5.35. The molecule has 17 heavy (non-hydrogen) atoms. The monoisotopic (exact) mass is 251 g/mol. The second-order valence-electron chi connectivity index (χ2n) is 4.75. The van der Waals surface area contributed by atoms with E-state index in [1.165, 1.54) is 0 Å². The number of carbonyl (C=O) groups is 1. The van der Waals surface area contributed by atoms with Crippen LogP contribution in [0, 0.1) is 6.92 Å². The molecule has 0 aliphatic rings.